The molecule has 2 rings (SSSR count). The van der Waals surface area contributed by atoms with Gasteiger partial charge in [0, 0.05) is 26.5 Å². The number of phosphoric acid groups is 1. The van der Waals surface area contributed by atoms with Crippen molar-refractivity contribution in [1.82, 2.24) is 9.55 Å². The molecular formula is C12H19N2O8P. The number of nitrogens with one attached hydrogen (secondary N) is 1. The number of ether oxygens (including phenoxy) is 2. The van der Waals surface area contributed by atoms with E-state index in [1.54, 1.807) is 6.92 Å². The lowest BCUT2D eigenvalue weighted by molar-refractivity contribution is -0.0542. The fraction of sp³-hybridized carbons (Fsp3) is 0.667. The molecule has 0 bridgehead atoms. The maximum atomic E-state index is 11.9. The predicted molar refractivity (Wildman–Crippen MR) is 78.0 cm³/mol. The van der Waals surface area contributed by atoms with Gasteiger partial charge in [-0.2, -0.15) is 0 Å². The maximum Gasteiger partial charge on any atom is 0.472 e. The molecule has 2 heterocycles. The normalized spacial score (nSPS) is 30.3. The van der Waals surface area contributed by atoms with Gasteiger partial charge in [0.2, 0.25) is 0 Å². The fourth-order valence-corrected chi connectivity index (χ4v) is 3.11. The molecule has 1 aliphatic rings. The summed E-state index contributed by atoms with van der Waals surface area (Å²) in [6, 6.07) is 1.17. The molecule has 1 aromatic rings. The molecular weight excluding hydrogens is 331 g/mol. The molecule has 23 heavy (non-hydrogen) atoms. The van der Waals surface area contributed by atoms with Crippen LogP contribution >= 0.6 is 7.82 Å². The van der Waals surface area contributed by atoms with Gasteiger partial charge in [-0.15, -0.1) is 0 Å². The molecule has 130 valence electrons. The minimum absolute atomic E-state index is 0.447. The van der Waals surface area contributed by atoms with Gasteiger partial charge >= 0.3 is 13.5 Å². The van der Waals surface area contributed by atoms with Gasteiger partial charge in [0.1, 0.15) is 12.2 Å². The highest BCUT2D eigenvalue weighted by atomic mass is 31.2. The first-order chi connectivity index (χ1) is 10.8. The lowest BCUT2D eigenvalue weighted by atomic mass is 10.1. The Morgan fingerprint density at radius 2 is 2.09 bits per heavy atom. The van der Waals surface area contributed by atoms with Gasteiger partial charge in [0.15, 0.2) is 6.23 Å². The summed E-state index contributed by atoms with van der Waals surface area (Å²) in [4.78, 5) is 34.8. The van der Waals surface area contributed by atoms with E-state index in [-0.39, 0.29) is 0 Å². The minimum atomic E-state index is -4.27. The third kappa shape index (κ3) is 3.79. The average molecular weight is 350 g/mol. The smallest absolute Gasteiger partial charge is 0.374 e. The summed E-state index contributed by atoms with van der Waals surface area (Å²) in [6.45, 7) is 1.79. The van der Waals surface area contributed by atoms with Crippen LogP contribution < -0.4 is 11.2 Å². The van der Waals surface area contributed by atoms with Gasteiger partial charge in [0.25, 0.3) is 5.56 Å². The Kier molecular flexibility index (Phi) is 5.56. The van der Waals surface area contributed by atoms with E-state index in [0.717, 1.165) is 11.7 Å². The molecule has 2 N–H and O–H groups in total. The van der Waals surface area contributed by atoms with Crippen LogP contribution in [0.5, 0.6) is 0 Å². The molecule has 0 aliphatic carbocycles. The first-order valence-corrected chi connectivity index (χ1v) is 8.39. The number of H-pyrrole nitrogens is 1. The summed E-state index contributed by atoms with van der Waals surface area (Å²) in [5, 5.41) is 0. The highest BCUT2D eigenvalue weighted by molar-refractivity contribution is 7.47. The second-order valence-corrected chi connectivity index (χ2v) is 6.43. The van der Waals surface area contributed by atoms with E-state index in [0.29, 0.717) is 6.42 Å². The zero-order valence-electron chi connectivity index (χ0n) is 12.9. The summed E-state index contributed by atoms with van der Waals surface area (Å²) in [6.07, 6.45) is -1.58. The number of rotatable bonds is 6. The zero-order chi connectivity index (χ0) is 17.2. The van der Waals surface area contributed by atoms with Crippen LogP contribution in [0.2, 0.25) is 0 Å². The highest BCUT2D eigenvalue weighted by Gasteiger charge is 2.49. The molecule has 1 fully saturated rings. The summed E-state index contributed by atoms with van der Waals surface area (Å²) in [7, 11) is -1.86. The zero-order valence-corrected chi connectivity index (χ0v) is 13.8. The van der Waals surface area contributed by atoms with Gasteiger partial charge in [0.05, 0.1) is 6.10 Å². The van der Waals surface area contributed by atoms with Crippen LogP contribution in [0.15, 0.2) is 21.9 Å². The van der Waals surface area contributed by atoms with Gasteiger partial charge < -0.3 is 14.4 Å². The van der Waals surface area contributed by atoms with Crippen LogP contribution in [-0.4, -0.2) is 47.0 Å². The second kappa shape index (κ2) is 7.08. The van der Waals surface area contributed by atoms with E-state index in [1.807, 2.05) is 0 Å². The lowest BCUT2D eigenvalue weighted by Crippen LogP contribution is -2.39. The van der Waals surface area contributed by atoms with Gasteiger partial charge in [-0.3, -0.25) is 23.4 Å². The Morgan fingerprint density at radius 3 is 2.61 bits per heavy atom. The summed E-state index contributed by atoms with van der Waals surface area (Å²) < 4.78 is 33.4. The number of nitrogens with zero attached hydrogens (tertiary/aromatic N) is 1. The number of hydrogen-bond acceptors (Lipinski definition) is 7. The predicted octanol–water partition coefficient (Wildman–Crippen LogP) is -0.00900. The molecule has 1 saturated heterocycles. The molecule has 0 saturated carbocycles. The van der Waals surface area contributed by atoms with E-state index in [4.69, 9.17) is 14.0 Å². The van der Waals surface area contributed by atoms with Crippen molar-refractivity contribution in [3.8, 4) is 0 Å². The minimum Gasteiger partial charge on any atom is -0.374 e. The highest BCUT2D eigenvalue weighted by Crippen LogP contribution is 2.48. The van der Waals surface area contributed by atoms with Crippen molar-refractivity contribution in [3.05, 3.63) is 33.1 Å². The monoisotopic (exact) mass is 350 g/mol. The average Bonchev–Trinajstić information content (AvgIpc) is 2.84. The topological polar surface area (TPSA) is 129 Å². The van der Waals surface area contributed by atoms with E-state index in [2.05, 4.69) is 9.51 Å². The molecule has 2 unspecified atom stereocenters. The Labute approximate surface area is 131 Å². The van der Waals surface area contributed by atoms with Crippen molar-refractivity contribution in [2.24, 2.45) is 0 Å². The Morgan fingerprint density at radius 1 is 1.39 bits per heavy atom. The SMILES string of the molecule is CC[C@H]1O[C@@H](n2ccc(=O)[nH]c2=O)[C@@H](OC)C1OP(=O)(O)OC. The van der Waals surface area contributed by atoms with E-state index < -0.39 is 43.6 Å². The molecule has 1 aromatic heterocycles. The Hall–Kier alpha value is -1.29. The quantitative estimate of drug-likeness (QED) is 0.686. The van der Waals surface area contributed by atoms with Crippen LogP contribution in [0, 0.1) is 0 Å². The van der Waals surface area contributed by atoms with Crippen LogP contribution in [-0.2, 0) is 23.1 Å². The molecule has 11 heteroatoms. The third-order valence-electron chi connectivity index (χ3n) is 3.57. The van der Waals surface area contributed by atoms with Crippen molar-refractivity contribution in [1.29, 1.82) is 0 Å². The maximum absolute atomic E-state index is 11.9. The van der Waals surface area contributed by atoms with Crippen LogP contribution in [0.1, 0.15) is 19.6 Å². The van der Waals surface area contributed by atoms with E-state index >= 15 is 0 Å². The first-order valence-electron chi connectivity index (χ1n) is 6.89. The summed E-state index contributed by atoms with van der Waals surface area (Å²) >= 11 is 0. The molecule has 0 aromatic carbocycles. The largest absolute Gasteiger partial charge is 0.472 e. The molecule has 10 nitrogen and oxygen atoms in total. The van der Waals surface area contributed by atoms with Crippen LogP contribution in [0.4, 0.5) is 0 Å². The second-order valence-electron chi connectivity index (χ2n) is 4.91. The van der Waals surface area contributed by atoms with E-state index in [9.17, 15) is 19.0 Å². The number of methoxy groups -OCH3 is 1. The Balaban J connectivity index is 2.37. The summed E-state index contributed by atoms with van der Waals surface area (Å²) in [5.41, 5.74) is -1.23. The number of aromatic amines is 1. The van der Waals surface area contributed by atoms with Crippen LogP contribution in [0.25, 0.3) is 0 Å². The van der Waals surface area contributed by atoms with Crippen molar-refractivity contribution in [2.45, 2.75) is 37.9 Å². The van der Waals surface area contributed by atoms with Gasteiger partial charge in [-0.05, 0) is 6.42 Å². The van der Waals surface area contributed by atoms with Crippen molar-refractivity contribution in [2.75, 3.05) is 14.2 Å². The van der Waals surface area contributed by atoms with Crippen molar-refractivity contribution < 1.29 is 28.0 Å². The molecule has 0 spiro atoms. The van der Waals surface area contributed by atoms with Gasteiger partial charge in [-0.25, -0.2) is 9.36 Å². The van der Waals surface area contributed by atoms with Gasteiger partial charge in [-0.1, -0.05) is 6.92 Å². The molecule has 1 aliphatic heterocycles. The third-order valence-corrected chi connectivity index (χ3v) is 4.54. The number of aromatic nitrogens is 2. The van der Waals surface area contributed by atoms with Crippen molar-refractivity contribution in [3.63, 3.8) is 0 Å². The fourth-order valence-electron chi connectivity index (χ4n) is 2.46. The summed E-state index contributed by atoms with van der Waals surface area (Å²) in [5.74, 6) is 0. The first kappa shape index (κ1) is 18.1. The molecule has 5 atom stereocenters. The van der Waals surface area contributed by atoms with Crippen LogP contribution in [0.3, 0.4) is 0 Å². The lowest BCUT2D eigenvalue weighted by Gasteiger charge is -2.24. The Bertz CT molecular complexity index is 701. The number of hydrogen-bond donors (Lipinski definition) is 2. The number of phosphoric ester groups is 1. The standard InChI is InChI=1S/C12H19N2O8P/c1-4-7-9(22-23(17,18)20-3)10(19-2)11(21-7)14-6-5-8(15)13-12(14)16/h5-7,9-11H,4H2,1-3H3,(H,17,18)(H,13,15,16)/t7-,9?,10+,11-/m1/s1. The molecule has 0 amide bonds. The van der Waals surface area contributed by atoms with Crippen molar-refractivity contribution >= 4 is 7.82 Å². The molecule has 0 radical (unpaired) electrons. The van der Waals surface area contributed by atoms with E-state index in [1.165, 1.54) is 19.4 Å².